The molecule has 1 rings (SSSR count). The summed E-state index contributed by atoms with van der Waals surface area (Å²) in [7, 11) is 1.74. The molecule has 1 atom stereocenters. The average molecular weight is 150 g/mol. The number of hydrogen-bond donors (Lipinski definition) is 0. The molecule has 0 aromatic rings. The first kappa shape index (κ1) is 8.28. The van der Waals surface area contributed by atoms with Crippen LogP contribution in [0.25, 0.3) is 0 Å². The van der Waals surface area contributed by atoms with Crippen LogP contribution in [-0.4, -0.2) is 13.7 Å². The quantitative estimate of drug-likeness (QED) is 0.587. The van der Waals surface area contributed by atoms with E-state index in [9.17, 15) is 0 Å². The zero-order chi connectivity index (χ0) is 7.94. The van der Waals surface area contributed by atoms with Gasteiger partial charge < -0.3 is 4.74 Å². The van der Waals surface area contributed by atoms with E-state index in [-0.39, 0.29) is 0 Å². The van der Waals surface area contributed by atoms with Crippen molar-refractivity contribution in [2.75, 3.05) is 13.7 Å². The Bertz CT molecular complexity index is 177. The Morgan fingerprint density at radius 3 is 2.91 bits per heavy atom. The Morgan fingerprint density at radius 2 is 2.09 bits per heavy atom. The highest BCUT2D eigenvalue weighted by Crippen LogP contribution is 2.08. The zero-order valence-corrected chi connectivity index (χ0v) is 6.86. The summed E-state index contributed by atoms with van der Waals surface area (Å²) in [5.41, 5.74) is 0. The lowest BCUT2D eigenvalue weighted by Gasteiger charge is -2.08. The molecule has 60 valence electrons. The standard InChI is InChI=1S/C10H14O/c1-11-9-10-7-5-3-2-4-6-8-10/h2-7,10H,8-9H2,1H3/b3-2-,6-4-,7-5-. The lowest BCUT2D eigenvalue weighted by atomic mass is 10.0. The maximum Gasteiger partial charge on any atom is 0.0528 e. The summed E-state index contributed by atoms with van der Waals surface area (Å²) in [5.74, 6) is 0.543. The fraction of sp³-hybridized carbons (Fsp3) is 0.400. The molecular formula is C10H14O. The molecule has 0 saturated heterocycles. The molecule has 0 aliphatic heterocycles. The van der Waals surface area contributed by atoms with Crippen molar-refractivity contribution in [2.24, 2.45) is 5.92 Å². The molecule has 1 unspecified atom stereocenters. The fourth-order valence-corrected chi connectivity index (χ4v) is 1.10. The van der Waals surface area contributed by atoms with Gasteiger partial charge in [-0.3, -0.25) is 0 Å². The van der Waals surface area contributed by atoms with E-state index in [1.165, 1.54) is 0 Å². The van der Waals surface area contributed by atoms with Gasteiger partial charge >= 0.3 is 0 Å². The van der Waals surface area contributed by atoms with Crippen LogP contribution in [-0.2, 0) is 4.74 Å². The van der Waals surface area contributed by atoms with Crippen LogP contribution in [0, 0.1) is 5.92 Å². The summed E-state index contributed by atoms with van der Waals surface area (Å²) in [6.07, 6.45) is 13.7. The first-order valence-electron chi connectivity index (χ1n) is 3.92. The topological polar surface area (TPSA) is 9.23 Å². The van der Waals surface area contributed by atoms with Crippen molar-refractivity contribution in [3.05, 3.63) is 36.5 Å². The van der Waals surface area contributed by atoms with Gasteiger partial charge in [-0.2, -0.15) is 0 Å². The number of hydrogen-bond acceptors (Lipinski definition) is 1. The molecule has 1 heteroatoms. The third-order valence-electron chi connectivity index (χ3n) is 1.67. The van der Waals surface area contributed by atoms with E-state index in [1.54, 1.807) is 7.11 Å². The van der Waals surface area contributed by atoms with Crippen molar-refractivity contribution in [1.82, 2.24) is 0 Å². The minimum Gasteiger partial charge on any atom is -0.384 e. The molecule has 0 spiro atoms. The second-order valence-electron chi connectivity index (χ2n) is 2.65. The predicted octanol–water partition coefficient (Wildman–Crippen LogP) is 2.32. The van der Waals surface area contributed by atoms with Crippen LogP contribution in [0.3, 0.4) is 0 Å². The lowest BCUT2D eigenvalue weighted by Crippen LogP contribution is -2.03. The highest BCUT2D eigenvalue weighted by molar-refractivity contribution is 5.15. The summed E-state index contributed by atoms with van der Waals surface area (Å²) in [6, 6.07) is 0. The Morgan fingerprint density at radius 1 is 1.27 bits per heavy atom. The molecule has 0 aromatic carbocycles. The van der Waals surface area contributed by atoms with Crippen LogP contribution >= 0.6 is 0 Å². The molecule has 0 fully saturated rings. The van der Waals surface area contributed by atoms with Gasteiger partial charge in [-0.05, 0) is 6.42 Å². The zero-order valence-electron chi connectivity index (χ0n) is 6.86. The van der Waals surface area contributed by atoms with Crippen molar-refractivity contribution < 1.29 is 4.74 Å². The van der Waals surface area contributed by atoms with Crippen molar-refractivity contribution >= 4 is 0 Å². The molecule has 0 N–H and O–H groups in total. The molecule has 0 aromatic heterocycles. The predicted molar refractivity (Wildman–Crippen MR) is 47.4 cm³/mol. The van der Waals surface area contributed by atoms with E-state index in [2.05, 4.69) is 24.3 Å². The molecule has 0 amide bonds. The van der Waals surface area contributed by atoms with Gasteiger partial charge in [-0.15, -0.1) is 0 Å². The van der Waals surface area contributed by atoms with Crippen molar-refractivity contribution in [3.8, 4) is 0 Å². The maximum absolute atomic E-state index is 5.07. The second kappa shape index (κ2) is 4.91. The van der Waals surface area contributed by atoms with Gasteiger partial charge in [0, 0.05) is 13.0 Å². The molecule has 0 heterocycles. The fourth-order valence-electron chi connectivity index (χ4n) is 1.10. The minimum atomic E-state index is 0.543. The third kappa shape index (κ3) is 3.19. The van der Waals surface area contributed by atoms with Gasteiger partial charge in [0.25, 0.3) is 0 Å². The lowest BCUT2D eigenvalue weighted by molar-refractivity contribution is 0.171. The number of allylic oxidation sites excluding steroid dienone is 5. The SMILES string of the molecule is COCC1\C=C/C=C\C=C/C1. The van der Waals surface area contributed by atoms with Crippen molar-refractivity contribution in [2.45, 2.75) is 6.42 Å². The maximum atomic E-state index is 5.07. The largest absolute Gasteiger partial charge is 0.384 e. The average Bonchev–Trinajstić information content (AvgIpc) is 1.94. The molecule has 11 heavy (non-hydrogen) atoms. The Balaban J connectivity index is 2.47. The van der Waals surface area contributed by atoms with E-state index in [4.69, 9.17) is 4.74 Å². The van der Waals surface area contributed by atoms with Gasteiger partial charge in [0.05, 0.1) is 6.61 Å². The van der Waals surface area contributed by atoms with Crippen molar-refractivity contribution in [3.63, 3.8) is 0 Å². The van der Waals surface area contributed by atoms with Gasteiger partial charge in [-0.1, -0.05) is 36.5 Å². The Labute approximate surface area is 68.1 Å². The van der Waals surface area contributed by atoms with E-state index in [0.29, 0.717) is 5.92 Å². The summed E-state index contributed by atoms with van der Waals surface area (Å²) in [5, 5.41) is 0. The highest BCUT2D eigenvalue weighted by Gasteiger charge is 2.00. The normalized spacial score (nSPS) is 31.9. The van der Waals surface area contributed by atoms with E-state index >= 15 is 0 Å². The molecule has 0 bridgehead atoms. The molecule has 1 nitrogen and oxygen atoms in total. The first-order valence-corrected chi connectivity index (χ1v) is 3.92. The van der Waals surface area contributed by atoms with Gasteiger partial charge in [-0.25, -0.2) is 0 Å². The molecule has 0 saturated carbocycles. The van der Waals surface area contributed by atoms with Gasteiger partial charge in [0.1, 0.15) is 0 Å². The molecule has 1 aliphatic carbocycles. The van der Waals surface area contributed by atoms with Crippen LogP contribution in [0.1, 0.15) is 6.42 Å². The van der Waals surface area contributed by atoms with Crippen LogP contribution in [0.15, 0.2) is 36.5 Å². The Kier molecular flexibility index (Phi) is 3.70. The van der Waals surface area contributed by atoms with E-state index < -0.39 is 0 Å². The molecular weight excluding hydrogens is 136 g/mol. The van der Waals surface area contributed by atoms with E-state index in [1.807, 2.05) is 12.2 Å². The molecule has 1 aliphatic rings. The number of methoxy groups -OCH3 is 1. The first-order chi connectivity index (χ1) is 5.43. The minimum absolute atomic E-state index is 0.543. The number of rotatable bonds is 2. The van der Waals surface area contributed by atoms with Gasteiger partial charge in [0.15, 0.2) is 0 Å². The van der Waals surface area contributed by atoms with E-state index in [0.717, 1.165) is 13.0 Å². The summed E-state index contributed by atoms with van der Waals surface area (Å²) in [6.45, 7) is 0.814. The Hall–Kier alpha value is -0.820. The number of ether oxygens (including phenoxy) is 1. The third-order valence-corrected chi connectivity index (χ3v) is 1.67. The van der Waals surface area contributed by atoms with Crippen LogP contribution in [0.4, 0.5) is 0 Å². The summed E-state index contributed by atoms with van der Waals surface area (Å²) < 4.78 is 5.07. The monoisotopic (exact) mass is 150 g/mol. The van der Waals surface area contributed by atoms with Crippen molar-refractivity contribution in [1.29, 1.82) is 0 Å². The van der Waals surface area contributed by atoms with Gasteiger partial charge in [0.2, 0.25) is 0 Å². The summed E-state index contributed by atoms with van der Waals surface area (Å²) >= 11 is 0. The van der Waals surface area contributed by atoms with Crippen LogP contribution in [0.5, 0.6) is 0 Å². The second-order valence-corrected chi connectivity index (χ2v) is 2.65. The highest BCUT2D eigenvalue weighted by atomic mass is 16.5. The smallest absolute Gasteiger partial charge is 0.0528 e. The molecule has 0 radical (unpaired) electrons. The van der Waals surface area contributed by atoms with Crippen LogP contribution < -0.4 is 0 Å². The summed E-state index contributed by atoms with van der Waals surface area (Å²) in [4.78, 5) is 0. The van der Waals surface area contributed by atoms with Crippen LogP contribution in [0.2, 0.25) is 0 Å².